The molecule has 0 N–H and O–H groups in total. The fourth-order valence-corrected chi connectivity index (χ4v) is 4.06. The summed E-state index contributed by atoms with van der Waals surface area (Å²) in [7, 11) is 8.27. The van der Waals surface area contributed by atoms with Crippen molar-refractivity contribution in [3.63, 3.8) is 0 Å². The summed E-state index contributed by atoms with van der Waals surface area (Å²) >= 11 is 0. The van der Waals surface area contributed by atoms with Gasteiger partial charge in [0.15, 0.2) is 5.71 Å². The maximum absolute atomic E-state index is 8.89. The van der Waals surface area contributed by atoms with E-state index in [1.54, 1.807) is 0 Å². The number of ether oxygens (including phenoxy) is 1. The third-order valence-corrected chi connectivity index (χ3v) is 5.85. The van der Waals surface area contributed by atoms with Gasteiger partial charge in [0.1, 0.15) is 25.4 Å². The highest BCUT2D eigenvalue weighted by atomic mass is 16.5. The van der Waals surface area contributed by atoms with E-state index in [1.165, 1.54) is 33.7 Å². The van der Waals surface area contributed by atoms with Crippen LogP contribution >= 0.6 is 0 Å². The van der Waals surface area contributed by atoms with Crippen LogP contribution in [0.25, 0.3) is 11.6 Å². The van der Waals surface area contributed by atoms with Gasteiger partial charge in [-0.1, -0.05) is 30.3 Å². The molecule has 0 saturated carbocycles. The quantitative estimate of drug-likeness (QED) is 0.626. The van der Waals surface area contributed by atoms with Crippen LogP contribution in [-0.2, 0) is 4.79 Å². The van der Waals surface area contributed by atoms with Crippen molar-refractivity contribution < 1.29 is 19.2 Å². The number of para-hydroxylation sites is 1. The molecule has 0 unspecified atom stereocenters. The fraction of sp³-hybridized carbons (Fsp3) is 0.267. The zero-order chi connectivity index (χ0) is 25.8. The van der Waals surface area contributed by atoms with Gasteiger partial charge in [0.05, 0.1) is 0 Å². The van der Waals surface area contributed by atoms with E-state index in [4.69, 9.17) is 14.6 Å². The van der Waals surface area contributed by atoms with Crippen LogP contribution in [0.2, 0.25) is 0 Å². The molecule has 0 radical (unpaired) electrons. The lowest BCUT2D eigenvalue weighted by Gasteiger charge is -2.36. The predicted molar refractivity (Wildman–Crippen MR) is 143 cm³/mol. The molecule has 4 rings (SSSR count). The number of hydrogen-bond acceptors (Lipinski definition) is 4. The molecule has 0 spiro atoms. The first kappa shape index (κ1) is 25.8. The van der Waals surface area contributed by atoms with Crippen LogP contribution < -0.4 is 14.7 Å². The fourth-order valence-electron chi connectivity index (χ4n) is 4.06. The van der Waals surface area contributed by atoms with Gasteiger partial charge in [-0.15, -0.1) is 0 Å². The molecule has 2 aromatic carbocycles. The van der Waals surface area contributed by atoms with Gasteiger partial charge in [-0.25, -0.2) is 4.58 Å². The molecule has 5 heteroatoms. The van der Waals surface area contributed by atoms with Crippen LogP contribution in [0, 0.1) is 0 Å². The Kier molecular flexibility index (Phi) is 7.80. The molecule has 1 aliphatic carbocycles. The summed E-state index contributed by atoms with van der Waals surface area (Å²) in [6.45, 7) is 5.27. The molecule has 0 atom stereocenters. The number of rotatable bonds is 3. The monoisotopic (exact) mass is 470 g/mol. The van der Waals surface area contributed by atoms with Gasteiger partial charge in [0.2, 0.25) is 0 Å². The standard InChI is InChI=1S/C28H31N2O.C2H4O2/c1-28(2)25(19-22-9-7-8-10-26(22)31-28)27(20-11-15-23(16-12-20)29(3)4)21-13-17-24(18-14-21)30(5)6;1-2(3)4/h7-19H,1-6H3;1H3,(H,3,4)/q+1;/p-1. The summed E-state index contributed by atoms with van der Waals surface area (Å²) in [6.07, 6.45) is 11.1. The number of carbonyl (C=O) groups excluding carboxylic acids is 1. The summed E-state index contributed by atoms with van der Waals surface area (Å²) in [5.74, 6) is -0.151. The minimum Gasteiger partial charge on any atom is -0.550 e. The second-order valence-electron chi connectivity index (χ2n) is 9.46. The molecule has 1 heterocycles. The highest BCUT2D eigenvalue weighted by molar-refractivity contribution is 6.04. The summed E-state index contributed by atoms with van der Waals surface area (Å²) < 4.78 is 8.60. The largest absolute Gasteiger partial charge is 0.550 e. The highest BCUT2D eigenvalue weighted by Gasteiger charge is 2.34. The van der Waals surface area contributed by atoms with Gasteiger partial charge in [-0.3, -0.25) is 0 Å². The molecule has 182 valence electrons. The number of benzene rings is 2. The van der Waals surface area contributed by atoms with Crippen molar-refractivity contribution in [2.24, 2.45) is 0 Å². The number of aliphatic carboxylic acids is 1. The van der Waals surface area contributed by atoms with Crippen molar-refractivity contribution >= 4 is 29.0 Å². The van der Waals surface area contributed by atoms with E-state index in [0.29, 0.717) is 0 Å². The van der Waals surface area contributed by atoms with Crippen LogP contribution in [0.15, 0.2) is 84.0 Å². The zero-order valence-corrected chi connectivity index (χ0v) is 21.6. The van der Waals surface area contributed by atoms with E-state index in [1.807, 2.05) is 12.1 Å². The lowest BCUT2D eigenvalue weighted by atomic mass is 9.80. The van der Waals surface area contributed by atoms with Gasteiger partial charge >= 0.3 is 0 Å². The molecular formula is C30H34N2O3. The van der Waals surface area contributed by atoms with Gasteiger partial charge in [-0.05, 0) is 73.9 Å². The third kappa shape index (κ3) is 6.18. The number of allylic oxidation sites excluding steroid dienone is 5. The van der Waals surface area contributed by atoms with Crippen molar-refractivity contribution in [1.82, 2.24) is 0 Å². The second-order valence-corrected chi connectivity index (χ2v) is 9.46. The smallest absolute Gasteiger partial charge is 0.199 e. The van der Waals surface area contributed by atoms with E-state index in [2.05, 4.69) is 118 Å². The Morgan fingerprint density at radius 1 is 0.943 bits per heavy atom. The van der Waals surface area contributed by atoms with Crippen molar-refractivity contribution in [1.29, 1.82) is 0 Å². The summed E-state index contributed by atoms with van der Waals surface area (Å²) in [5.41, 5.74) is 7.79. The van der Waals surface area contributed by atoms with Crippen LogP contribution in [0.3, 0.4) is 0 Å². The Morgan fingerprint density at radius 2 is 1.51 bits per heavy atom. The number of hydrogen-bond donors (Lipinski definition) is 0. The number of nitrogens with zero attached hydrogens (tertiary/aromatic N) is 2. The van der Waals surface area contributed by atoms with Gasteiger partial charge in [-0.2, -0.15) is 0 Å². The second kappa shape index (κ2) is 10.6. The first-order valence-electron chi connectivity index (χ1n) is 11.6. The molecule has 0 saturated heterocycles. The Morgan fingerprint density at radius 3 is 2.06 bits per heavy atom. The maximum Gasteiger partial charge on any atom is 0.199 e. The third-order valence-electron chi connectivity index (χ3n) is 5.85. The molecule has 2 aromatic rings. The summed E-state index contributed by atoms with van der Waals surface area (Å²) in [5, 5.41) is 8.89. The minimum atomic E-state index is -1.08. The zero-order valence-electron chi connectivity index (χ0n) is 21.6. The minimum absolute atomic E-state index is 0.454. The molecule has 5 nitrogen and oxygen atoms in total. The molecular weight excluding hydrogens is 436 g/mol. The predicted octanol–water partition coefficient (Wildman–Crippen LogP) is 4.36. The summed E-state index contributed by atoms with van der Waals surface area (Å²) in [4.78, 5) is 11.0. The van der Waals surface area contributed by atoms with Crippen molar-refractivity contribution in [3.05, 3.63) is 95.1 Å². The van der Waals surface area contributed by atoms with Crippen molar-refractivity contribution in [2.45, 2.75) is 26.4 Å². The topological polar surface area (TPSA) is 55.6 Å². The Bertz CT molecular complexity index is 1230. The molecule has 0 bridgehead atoms. The Balaban J connectivity index is 0.000000795. The molecule has 2 aliphatic rings. The molecule has 35 heavy (non-hydrogen) atoms. The summed E-state index contributed by atoms with van der Waals surface area (Å²) in [6, 6.07) is 17.0. The average molecular weight is 471 g/mol. The number of carboxylic acids is 1. The van der Waals surface area contributed by atoms with Gasteiger partial charge in [0, 0.05) is 49.0 Å². The Hall–Kier alpha value is -3.86. The van der Waals surface area contributed by atoms with E-state index < -0.39 is 11.6 Å². The average Bonchev–Trinajstić information content (AvgIpc) is 2.79. The maximum atomic E-state index is 8.89. The number of anilines is 1. The normalized spacial score (nSPS) is 15.2. The van der Waals surface area contributed by atoms with Gasteiger partial charge < -0.3 is 19.5 Å². The number of carboxylic acid groups (broad SMARTS) is 1. The molecule has 1 aliphatic heterocycles. The van der Waals surface area contributed by atoms with E-state index in [9.17, 15) is 0 Å². The van der Waals surface area contributed by atoms with E-state index in [-0.39, 0.29) is 0 Å². The lowest BCUT2D eigenvalue weighted by Crippen LogP contribution is -2.34. The van der Waals surface area contributed by atoms with Crippen LogP contribution in [0.1, 0.15) is 31.9 Å². The lowest BCUT2D eigenvalue weighted by molar-refractivity contribution is -0.462. The Labute approximate surface area is 208 Å². The van der Waals surface area contributed by atoms with E-state index >= 15 is 0 Å². The van der Waals surface area contributed by atoms with Crippen molar-refractivity contribution in [2.75, 3.05) is 33.1 Å². The number of carbonyl (C=O) groups is 1. The molecule has 0 amide bonds. The highest BCUT2D eigenvalue weighted by Crippen LogP contribution is 2.43. The number of fused-ring (bicyclic) bond motifs is 1. The first-order valence-corrected chi connectivity index (χ1v) is 11.6. The molecule has 0 aromatic heterocycles. The van der Waals surface area contributed by atoms with Crippen molar-refractivity contribution in [3.8, 4) is 5.75 Å². The molecule has 0 fully saturated rings. The van der Waals surface area contributed by atoms with Crippen LogP contribution in [-0.4, -0.2) is 50.0 Å². The van der Waals surface area contributed by atoms with Gasteiger partial charge in [0.25, 0.3) is 0 Å². The van der Waals surface area contributed by atoms with E-state index in [0.717, 1.165) is 18.2 Å². The first-order chi connectivity index (χ1) is 16.5. The van der Waals surface area contributed by atoms with Crippen LogP contribution in [0.5, 0.6) is 5.75 Å². The SMILES string of the molecule is CC(=O)[O-].CN(C)c1ccc(C(C2=Cc3ccccc3OC2(C)C)=C2C=CC(=[N+](C)C)C=C2)cc1. The van der Waals surface area contributed by atoms with Crippen LogP contribution in [0.4, 0.5) is 5.69 Å².